The molecule has 2 rings (SSSR count). The van der Waals surface area contributed by atoms with Gasteiger partial charge >= 0.3 is 5.97 Å². The lowest BCUT2D eigenvalue weighted by Crippen LogP contribution is -2.55. The molecule has 6 atom stereocenters. The maximum Gasteiger partial charge on any atom is 0.323 e. The van der Waals surface area contributed by atoms with Gasteiger partial charge in [0, 0.05) is 12.3 Å². The van der Waals surface area contributed by atoms with E-state index in [1.807, 2.05) is 0 Å². The zero-order valence-electron chi connectivity index (χ0n) is 13.7. The van der Waals surface area contributed by atoms with Crippen molar-refractivity contribution in [1.29, 1.82) is 0 Å². The smallest absolute Gasteiger partial charge is 0.323 e. The third-order valence-corrected chi connectivity index (χ3v) is 4.02. The van der Waals surface area contributed by atoms with Crippen molar-refractivity contribution in [3.63, 3.8) is 0 Å². The Morgan fingerprint density at radius 2 is 2.16 bits per heavy atom. The molecule has 11 heteroatoms. The van der Waals surface area contributed by atoms with Crippen molar-refractivity contribution < 1.29 is 38.8 Å². The van der Waals surface area contributed by atoms with Gasteiger partial charge < -0.3 is 40.7 Å². The molecule has 0 aliphatic carbocycles. The molecular weight excluding hydrogens is 341 g/mol. The van der Waals surface area contributed by atoms with Gasteiger partial charge in [-0.2, -0.15) is 0 Å². The summed E-state index contributed by atoms with van der Waals surface area (Å²) in [7, 11) is 0. The van der Waals surface area contributed by atoms with Crippen LogP contribution in [0.2, 0.25) is 0 Å². The third-order valence-electron chi connectivity index (χ3n) is 4.02. The minimum Gasteiger partial charge on any atom is -0.458 e. The summed E-state index contributed by atoms with van der Waals surface area (Å²) < 4.78 is 24.6. The van der Waals surface area contributed by atoms with Gasteiger partial charge in [0.05, 0.1) is 0 Å². The topological polar surface area (TPSA) is 155 Å². The van der Waals surface area contributed by atoms with Crippen LogP contribution < -0.4 is 11.1 Å². The molecule has 142 valence electrons. The van der Waals surface area contributed by atoms with Crippen LogP contribution in [0.3, 0.4) is 0 Å². The van der Waals surface area contributed by atoms with Gasteiger partial charge in [0.1, 0.15) is 18.2 Å². The van der Waals surface area contributed by atoms with E-state index in [1.165, 1.54) is 0 Å². The van der Waals surface area contributed by atoms with Crippen molar-refractivity contribution in [3.05, 3.63) is 12.3 Å². The quantitative estimate of drug-likeness (QED) is 0.333. The number of hydrogen-bond acceptors (Lipinski definition) is 9. The number of nitrogens with one attached hydrogen (secondary N) is 1. The molecule has 1 saturated heterocycles. The minimum atomic E-state index is -2.91. The first-order valence-corrected chi connectivity index (χ1v) is 7.66. The molecule has 0 aromatic rings. The van der Waals surface area contributed by atoms with Gasteiger partial charge in [0.2, 0.25) is 12.3 Å². The van der Waals surface area contributed by atoms with E-state index in [0.29, 0.717) is 0 Å². The Labute approximate surface area is 143 Å². The van der Waals surface area contributed by atoms with Crippen LogP contribution in [0.4, 0.5) is 4.39 Å². The average Bonchev–Trinajstić information content (AvgIpc) is 2.77. The fourth-order valence-electron chi connectivity index (χ4n) is 2.35. The standard InChI is InChI=1S/C14H22FN3O7/c1-6(2)8(16)12(22)24-5-14(15)10(21)9(20)11(25-14)18-4-3-7(19)17-13(18)23/h3-4,6,8-11,13,20-21,23H,5,16H2,1-2H3,(H,17,19)/t8-,9+,10-,11+,13?,14+/m0/s1. The summed E-state index contributed by atoms with van der Waals surface area (Å²) >= 11 is 0. The van der Waals surface area contributed by atoms with Crippen LogP contribution in [0.25, 0.3) is 0 Å². The number of ether oxygens (including phenoxy) is 2. The van der Waals surface area contributed by atoms with Crippen molar-refractivity contribution in [2.24, 2.45) is 11.7 Å². The van der Waals surface area contributed by atoms with E-state index in [1.54, 1.807) is 13.8 Å². The highest BCUT2D eigenvalue weighted by Gasteiger charge is 2.58. The number of nitrogens with two attached hydrogens (primary N) is 1. The molecule has 10 nitrogen and oxygen atoms in total. The zero-order valence-corrected chi connectivity index (χ0v) is 13.7. The maximum absolute atomic E-state index is 14.8. The second kappa shape index (κ2) is 7.22. The third kappa shape index (κ3) is 3.90. The van der Waals surface area contributed by atoms with Crippen LogP contribution in [0.15, 0.2) is 12.3 Å². The molecule has 1 unspecified atom stereocenters. The van der Waals surface area contributed by atoms with Crippen molar-refractivity contribution in [2.45, 2.75) is 50.5 Å². The van der Waals surface area contributed by atoms with Crippen molar-refractivity contribution >= 4 is 11.9 Å². The van der Waals surface area contributed by atoms with Crippen molar-refractivity contribution in [3.8, 4) is 0 Å². The summed E-state index contributed by atoms with van der Waals surface area (Å²) in [6.45, 7) is 2.35. The summed E-state index contributed by atoms with van der Waals surface area (Å²) in [6.07, 6.45) is -4.85. The SMILES string of the molecule is CC(C)[C@H](N)C(=O)OC[C@@]1(F)O[C@@H](N2C=CC(=O)NC2O)[C@H](O)[C@@H]1O. The first-order valence-electron chi connectivity index (χ1n) is 7.66. The van der Waals surface area contributed by atoms with Crippen molar-refractivity contribution in [1.82, 2.24) is 10.2 Å². The van der Waals surface area contributed by atoms with Gasteiger partial charge in [0.25, 0.3) is 5.85 Å². The molecule has 2 heterocycles. The van der Waals surface area contributed by atoms with Crippen LogP contribution in [0.5, 0.6) is 0 Å². The van der Waals surface area contributed by atoms with E-state index >= 15 is 0 Å². The number of carbonyl (C=O) groups is 2. The molecule has 2 aliphatic rings. The van der Waals surface area contributed by atoms with Crippen LogP contribution in [-0.2, 0) is 19.1 Å². The van der Waals surface area contributed by atoms with E-state index in [0.717, 1.165) is 17.2 Å². The second-order valence-corrected chi connectivity index (χ2v) is 6.25. The van der Waals surface area contributed by atoms with Crippen LogP contribution in [0, 0.1) is 5.92 Å². The van der Waals surface area contributed by atoms with Crippen molar-refractivity contribution in [2.75, 3.05) is 6.61 Å². The van der Waals surface area contributed by atoms with Crippen LogP contribution in [-0.4, -0.2) is 75.4 Å². The Balaban J connectivity index is 2.06. The van der Waals surface area contributed by atoms with Crippen LogP contribution in [0.1, 0.15) is 13.8 Å². The lowest BCUT2D eigenvalue weighted by molar-refractivity contribution is -0.232. The molecule has 0 spiro atoms. The molecule has 2 aliphatic heterocycles. The fraction of sp³-hybridized carbons (Fsp3) is 0.714. The number of rotatable bonds is 5. The normalized spacial score (nSPS) is 36.5. The predicted octanol–water partition coefficient (Wildman–Crippen LogP) is -2.52. The maximum atomic E-state index is 14.8. The molecule has 1 amide bonds. The molecule has 0 aromatic carbocycles. The molecule has 6 N–H and O–H groups in total. The van der Waals surface area contributed by atoms with E-state index in [9.17, 15) is 29.3 Å². The fourth-order valence-corrected chi connectivity index (χ4v) is 2.35. The molecule has 0 bridgehead atoms. The summed E-state index contributed by atoms with van der Waals surface area (Å²) in [5, 5.41) is 31.8. The number of esters is 1. The summed E-state index contributed by atoms with van der Waals surface area (Å²) in [5.41, 5.74) is 5.58. The van der Waals surface area contributed by atoms with Gasteiger partial charge in [-0.05, 0) is 5.92 Å². The molecule has 0 saturated carbocycles. The highest BCUT2D eigenvalue weighted by Crippen LogP contribution is 2.35. The molecular formula is C14H22FN3O7. The van der Waals surface area contributed by atoms with Gasteiger partial charge in [-0.15, -0.1) is 0 Å². The Morgan fingerprint density at radius 3 is 2.72 bits per heavy atom. The Bertz CT molecular complexity index is 561. The lowest BCUT2D eigenvalue weighted by atomic mass is 10.1. The number of carbonyl (C=O) groups excluding carboxylic acids is 2. The first-order chi connectivity index (χ1) is 11.6. The van der Waals surface area contributed by atoms with Gasteiger partial charge in [0.15, 0.2) is 12.8 Å². The van der Waals surface area contributed by atoms with E-state index in [2.05, 4.69) is 5.32 Å². The number of nitrogens with zero attached hydrogens (tertiary/aromatic N) is 1. The van der Waals surface area contributed by atoms with E-state index < -0.39 is 55.2 Å². The first kappa shape index (κ1) is 19.5. The average molecular weight is 363 g/mol. The number of aliphatic hydroxyl groups is 3. The largest absolute Gasteiger partial charge is 0.458 e. The van der Waals surface area contributed by atoms with Gasteiger partial charge in [-0.25, -0.2) is 4.39 Å². The molecule has 0 aromatic heterocycles. The summed E-state index contributed by atoms with van der Waals surface area (Å²) in [5.74, 6) is -4.63. The van der Waals surface area contributed by atoms with E-state index in [-0.39, 0.29) is 5.92 Å². The Kier molecular flexibility index (Phi) is 5.64. The summed E-state index contributed by atoms with van der Waals surface area (Å²) in [6, 6.07) is -0.982. The lowest BCUT2D eigenvalue weighted by Gasteiger charge is -2.35. The monoisotopic (exact) mass is 363 g/mol. The van der Waals surface area contributed by atoms with Gasteiger partial charge in [-0.3, -0.25) is 9.59 Å². The highest BCUT2D eigenvalue weighted by molar-refractivity contribution is 5.88. The number of alkyl halides is 1. The summed E-state index contributed by atoms with van der Waals surface area (Å²) in [4.78, 5) is 23.7. The number of halogens is 1. The van der Waals surface area contributed by atoms with Crippen LogP contribution >= 0.6 is 0 Å². The van der Waals surface area contributed by atoms with E-state index in [4.69, 9.17) is 15.2 Å². The molecule has 25 heavy (non-hydrogen) atoms. The Morgan fingerprint density at radius 1 is 1.52 bits per heavy atom. The van der Waals surface area contributed by atoms with Gasteiger partial charge in [-0.1, -0.05) is 13.8 Å². The molecule has 1 fully saturated rings. The zero-order chi connectivity index (χ0) is 18.9. The number of aliphatic hydroxyl groups excluding tert-OH is 3. The molecule has 0 radical (unpaired) electrons. The predicted molar refractivity (Wildman–Crippen MR) is 79.6 cm³/mol. The number of hydrogen-bond donors (Lipinski definition) is 5. The minimum absolute atomic E-state index is 0.243. The second-order valence-electron chi connectivity index (χ2n) is 6.25. The Hall–Kier alpha value is -1.79. The number of amides is 1. The highest BCUT2D eigenvalue weighted by atomic mass is 19.2.